The molecule has 0 aliphatic carbocycles. The van der Waals surface area contributed by atoms with Gasteiger partial charge in [-0.2, -0.15) is 0 Å². The van der Waals surface area contributed by atoms with Crippen LogP contribution in [0.2, 0.25) is 0 Å². The van der Waals surface area contributed by atoms with Crippen LogP contribution in [0, 0.1) is 0 Å². The first-order valence-corrected chi connectivity index (χ1v) is 7.23. The molecule has 0 spiro atoms. The summed E-state index contributed by atoms with van der Waals surface area (Å²) in [7, 11) is 1.85. The van der Waals surface area contributed by atoms with Gasteiger partial charge in [0, 0.05) is 19.7 Å². The highest BCUT2D eigenvalue weighted by atomic mass is 16.5. The van der Waals surface area contributed by atoms with Gasteiger partial charge in [-0.05, 0) is 65.1 Å². The van der Waals surface area contributed by atoms with Crippen molar-refractivity contribution in [1.29, 1.82) is 0 Å². The van der Waals surface area contributed by atoms with Crippen LogP contribution in [0.4, 0.5) is 0 Å². The first-order valence-electron chi connectivity index (χ1n) is 7.23. The maximum absolute atomic E-state index is 5.63. The highest BCUT2D eigenvalue weighted by Gasteiger charge is 2.30. The monoisotopic (exact) mass is 240 g/mol. The van der Waals surface area contributed by atoms with Crippen LogP contribution >= 0.6 is 0 Å². The molecule has 0 radical (unpaired) electrons. The Kier molecular flexibility index (Phi) is 4.83. The van der Waals surface area contributed by atoms with E-state index in [2.05, 4.69) is 17.1 Å². The van der Waals surface area contributed by atoms with E-state index in [1.807, 2.05) is 7.11 Å². The number of hydrogen-bond donors (Lipinski definition) is 1. The number of rotatable bonds is 5. The van der Waals surface area contributed by atoms with E-state index in [0.29, 0.717) is 0 Å². The Labute approximate surface area is 106 Å². The maximum Gasteiger partial charge on any atom is 0.0777 e. The van der Waals surface area contributed by atoms with Gasteiger partial charge in [0.25, 0.3) is 0 Å². The molecule has 3 heteroatoms. The van der Waals surface area contributed by atoms with Gasteiger partial charge < -0.3 is 15.0 Å². The summed E-state index contributed by atoms with van der Waals surface area (Å²) in [6.07, 6.45) is 7.93. The van der Waals surface area contributed by atoms with E-state index in [-0.39, 0.29) is 5.60 Å². The van der Waals surface area contributed by atoms with Crippen molar-refractivity contribution in [1.82, 2.24) is 10.2 Å². The Morgan fingerprint density at radius 3 is 3.00 bits per heavy atom. The van der Waals surface area contributed by atoms with Crippen molar-refractivity contribution in [3.8, 4) is 0 Å². The molecule has 0 aromatic heterocycles. The van der Waals surface area contributed by atoms with Crippen LogP contribution in [0.25, 0.3) is 0 Å². The van der Waals surface area contributed by atoms with E-state index >= 15 is 0 Å². The third-order valence-corrected chi connectivity index (χ3v) is 4.42. The molecule has 0 bridgehead atoms. The van der Waals surface area contributed by atoms with Crippen molar-refractivity contribution in [2.75, 3.05) is 33.3 Å². The smallest absolute Gasteiger partial charge is 0.0777 e. The maximum atomic E-state index is 5.63. The topological polar surface area (TPSA) is 24.5 Å². The van der Waals surface area contributed by atoms with Gasteiger partial charge in [-0.3, -0.25) is 0 Å². The van der Waals surface area contributed by atoms with Crippen LogP contribution in [-0.4, -0.2) is 49.8 Å². The van der Waals surface area contributed by atoms with Crippen molar-refractivity contribution in [2.24, 2.45) is 0 Å². The molecule has 0 aromatic rings. The molecule has 1 N–H and O–H groups in total. The van der Waals surface area contributed by atoms with Crippen molar-refractivity contribution >= 4 is 0 Å². The number of methoxy groups -OCH3 is 1. The largest absolute Gasteiger partial charge is 0.377 e. The molecular formula is C14H28N2O. The molecule has 0 saturated carbocycles. The van der Waals surface area contributed by atoms with Gasteiger partial charge in [-0.25, -0.2) is 0 Å². The average Bonchev–Trinajstić information content (AvgIpc) is 2.82. The summed E-state index contributed by atoms with van der Waals surface area (Å²) in [5.74, 6) is 0. The molecule has 2 saturated heterocycles. The minimum atomic E-state index is 0.101. The standard InChI is InChI=1S/C14H28N2O/c1-14(17-2)8-5-11-16(12-14)10-4-7-13-6-3-9-15-13/h13,15H,3-12H2,1-2H3. The lowest BCUT2D eigenvalue weighted by Gasteiger charge is -2.39. The number of nitrogens with zero attached hydrogens (tertiary/aromatic N) is 1. The number of hydrogen-bond acceptors (Lipinski definition) is 3. The highest BCUT2D eigenvalue weighted by molar-refractivity contribution is 4.84. The van der Waals surface area contributed by atoms with Crippen LogP contribution in [0.15, 0.2) is 0 Å². The third-order valence-electron chi connectivity index (χ3n) is 4.42. The molecular weight excluding hydrogens is 212 g/mol. The molecule has 0 aromatic carbocycles. The quantitative estimate of drug-likeness (QED) is 0.795. The molecule has 3 nitrogen and oxygen atoms in total. The van der Waals surface area contributed by atoms with E-state index in [9.17, 15) is 0 Å². The zero-order chi connectivity index (χ0) is 12.1. The fourth-order valence-corrected chi connectivity index (χ4v) is 3.23. The molecule has 0 amide bonds. The van der Waals surface area contributed by atoms with Gasteiger partial charge in [-0.1, -0.05) is 0 Å². The van der Waals surface area contributed by atoms with Crippen LogP contribution in [0.1, 0.15) is 45.4 Å². The molecule has 2 rings (SSSR count). The Hall–Kier alpha value is -0.120. The molecule has 2 aliphatic heterocycles. The van der Waals surface area contributed by atoms with E-state index in [1.165, 1.54) is 58.2 Å². The van der Waals surface area contributed by atoms with Gasteiger partial charge in [0.15, 0.2) is 0 Å². The Morgan fingerprint density at radius 1 is 1.41 bits per heavy atom. The minimum absolute atomic E-state index is 0.101. The molecule has 2 fully saturated rings. The minimum Gasteiger partial charge on any atom is -0.377 e. The summed E-state index contributed by atoms with van der Waals surface area (Å²) in [4.78, 5) is 2.59. The summed E-state index contributed by atoms with van der Waals surface area (Å²) in [6, 6.07) is 0.800. The zero-order valence-corrected chi connectivity index (χ0v) is 11.5. The third kappa shape index (κ3) is 3.94. The predicted octanol–water partition coefficient (Wildman–Crippen LogP) is 2.02. The van der Waals surface area contributed by atoms with Crippen molar-refractivity contribution in [3.63, 3.8) is 0 Å². The summed E-state index contributed by atoms with van der Waals surface area (Å²) in [5, 5.41) is 3.58. The van der Waals surface area contributed by atoms with Crippen LogP contribution in [0.5, 0.6) is 0 Å². The molecule has 100 valence electrons. The second-order valence-electron chi connectivity index (χ2n) is 5.97. The zero-order valence-electron chi connectivity index (χ0n) is 11.5. The van der Waals surface area contributed by atoms with E-state index in [4.69, 9.17) is 4.74 Å². The van der Waals surface area contributed by atoms with Crippen molar-refractivity contribution < 1.29 is 4.74 Å². The first-order chi connectivity index (χ1) is 8.22. The fourth-order valence-electron chi connectivity index (χ4n) is 3.23. The molecule has 2 heterocycles. The summed E-state index contributed by atoms with van der Waals surface area (Å²) in [5.41, 5.74) is 0.101. The SMILES string of the molecule is COC1(C)CCCN(CCCC2CCCN2)C1. The van der Waals surface area contributed by atoms with Crippen molar-refractivity contribution in [2.45, 2.75) is 57.1 Å². The summed E-state index contributed by atoms with van der Waals surface area (Å²) in [6.45, 7) is 7.10. The Bertz CT molecular complexity index is 228. The number of nitrogens with one attached hydrogen (secondary N) is 1. The first kappa shape index (κ1) is 13.3. The number of likely N-dealkylation sites (tertiary alicyclic amines) is 1. The molecule has 2 atom stereocenters. The second-order valence-corrected chi connectivity index (χ2v) is 5.97. The number of piperidine rings is 1. The van der Waals surface area contributed by atoms with Gasteiger partial charge in [0.2, 0.25) is 0 Å². The predicted molar refractivity (Wildman–Crippen MR) is 71.3 cm³/mol. The van der Waals surface area contributed by atoms with Crippen molar-refractivity contribution in [3.05, 3.63) is 0 Å². The normalized spacial score (nSPS) is 35.3. The summed E-state index contributed by atoms with van der Waals surface area (Å²) >= 11 is 0. The molecule has 17 heavy (non-hydrogen) atoms. The van der Waals surface area contributed by atoms with Gasteiger partial charge in [-0.15, -0.1) is 0 Å². The lowest BCUT2D eigenvalue weighted by Crippen LogP contribution is -2.47. The van der Waals surface area contributed by atoms with E-state index in [1.54, 1.807) is 0 Å². The van der Waals surface area contributed by atoms with E-state index in [0.717, 1.165) is 12.6 Å². The van der Waals surface area contributed by atoms with E-state index < -0.39 is 0 Å². The van der Waals surface area contributed by atoms with Gasteiger partial charge >= 0.3 is 0 Å². The lowest BCUT2D eigenvalue weighted by atomic mass is 9.94. The van der Waals surface area contributed by atoms with Crippen LogP contribution < -0.4 is 5.32 Å². The van der Waals surface area contributed by atoms with Gasteiger partial charge in [0.05, 0.1) is 5.60 Å². The summed E-state index contributed by atoms with van der Waals surface area (Å²) < 4.78 is 5.63. The van der Waals surface area contributed by atoms with Crippen LogP contribution in [0.3, 0.4) is 0 Å². The molecule has 2 aliphatic rings. The number of ether oxygens (including phenoxy) is 1. The van der Waals surface area contributed by atoms with Gasteiger partial charge in [0.1, 0.15) is 0 Å². The Morgan fingerprint density at radius 2 is 2.29 bits per heavy atom. The fraction of sp³-hybridized carbons (Fsp3) is 1.00. The molecule has 2 unspecified atom stereocenters. The lowest BCUT2D eigenvalue weighted by molar-refractivity contribution is -0.0509. The highest BCUT2D eigenvalue weighted by Crippen LogP contribution is 2.24. The average molecular weight is 240 g/mol. The Balaban J connectivity index is 1.64. The van der Waals surface area contributed by atoms with Crippen LogP contribution in [-0.2, 0) is 4.74 Å². The second kappa shape index (κ2) is 6.17.